The highest BCUT2D eigenvalue weighted by atomic mass is 16.5. The Morgan fingerprint density at radius 2 is 2.22 bits per heavy atom. The first-order valence-electron chi connectivity index (χ1n) is 5.51. The molecule has 18 heavy (non-hydrogen) atoms. The monoisotopic (exact) mass is 246 g/mol. The molecule has 0 radical (unpaired) electrons. The molecule has 1 aromatic carbocycles. The van der Waals surface area contributed by atoms with Gasteiger partial charge < -0.3 is 14.6 Å². The molecular formula is C13H14N2O3. The van der Waals surface area contributed by atoms with Crippen LogP contribution in [0.2, 0.25) is 0 Å². The second-order valence-corrected chi connectivity index (χ2v) is 4.15. The number of aromatic amines is 1. The zero-order valence-electron chi connectivity index (χ0n) is 10.3. The molecule has 5 heteroatoms. The van der Waals surface area contributed by atoms with Gasteiger partial charge in [-0.05, 0) is 18.2 Å². The van der Waals surface area contributed by atoms with Crippen molar-refractivity contribution < 1.29 is 14.3 Å². The maximum Gasteiger partial charge on any atom is 0.259 e. The minimum atomic E-state index is -0.111. The van der Waals surface area contributed by atoms with Gasteiger partial charge in [0.25, 0.3) is 5.91 Å². The first-order valence-corrected chi connectivity index (χ1v) is 5.51. The Hall–Kier alpha value is -2.30. The molecule has 1 amide bonds. The Morgan fingerprint density at radius 1 is 1.44 bits per heavy atom. The van der Waals surface area contributed by atoms with Crippen molar-refractivity contribution in [3.63, 3.8) is 0 Å². The SMILES string of the molecule is CN(C)C(=O)COc1ccc2[nH]cc(C=O)c2c1. The molecule has 0 saturated heterocycles. The maximum atomic E-state index is 11.4. The number of fused-ring (bicyclic) bond motifs is 1. The lowest BCUT2D eigenvalue weighted by atomic mass is 10.2. The lowest BCUT2D eigenvalue weighted by Crippen LogP contribution is -2.27. The average molecular weight is 246 g/mol. The topological polar surface area (TPSA) is 62.4 Å². The predicted molar refractivity (Wildman–Crippen MR) is 67.9 cm³/mol. The van der Waals surface area contributed by atoms with E-state index in [-0.39, 0.29) is 12.5 Å². The van der Waals surface area contributed by atoms with Crippen molar-refractivity contribution in [2.45, 2.75) is 0 Å². The van der Waals surface area contributed by atoms with Gasteiger partial charge in [-0.15, -0.1) is 0 Å². The van der Waals surface area contributed by atoms with Crippen LogP contribution in [0.4, 0.5) is 0 Å². The third-order valence-corrected chi connectivity index (χ3v) is 2.67. The summed E-state index contributed by atoms with van der Waals surface area (Å²) in [7, 11) is 3.34. The maximum absolute atomic E-state index is 11.4. The van der Waals surface area contributed by atoms with Crippen LogP contribution in [0.25, 0.3) is 10.9 Å². The van der Waals surface area contributed by atoms with Gasteiger partial charge in [0.2, 0.25) is 0 Å². The first-order chi connectivity index (χ1) is 8.61. The fourth-order valence-electron chi connectivity index (χ4n) is 1.58. The standard InChI is InChI=1S/C13H14N2O3/c1-15(2)13(17)8-18-10-3-4-12-11(5-10)9(7-16)6-14-12/h3-7,14H,8H2,1-2H3. The first kappa shape index (κ1) is 12.2. The summed E-state index contributed by atoms with van der Waals surface area (Å²) in [5.74, 6) is 0.458. The van der Waals surface area contributed by atoms with Gasteiger partial charge >= 0.3 is 0 Å². The summed E-state index contributed by atoms with van der Waals surface area (Å²) in [5, 5.41) is 0.791. The highest BCUT2D eigenvalue weighted by molar-refractivity contribution is 5.97. The summed E-state index contributed by atoms with van der Waals surface area (Å²) in [6.07, 6.45) is 2.43. The number of rotatable bonds is 4. The van der Waals surface area contributed by atoms with Gasteiger partial charge in [-0.2, -0.15) is 0 Å². The van der Waals surface area contributed by atoms with E-state index in [2.05, 4.69) is 4.98 Å². The molecule has 5 nitrogen and oxygen atoms in total. The van der Waals surface area contributed by atoms with E-state index in [4.69, 9.17) is 4.74 Å². The molecule has 0 saturated carbocycles. The van der Waals surface area contributed by atoms with Crippen LogP contribution in [0.15, 0.2) is 24.4 Å². The minimum absolute atomic E-state index is 0.0145. The highest BCUT2D eigenvalue weighted by Crippen LogP contribution is 2.22. The number of likely N-dealkylation sites (N-methyl/N-ethyl adjacent to an activating group) is 1. The van der Waals surface area contributed by atoms with Gasteiger partial charge in [0.15, 0.2) is 12.9 Å². The lowest BCUT2D eigenvalue weighted by molar-refractivity contribution is -0.130. The van der Waals surface area contributed by atoms with Gasteiger partial charge in [0.05, 0.1) is 0 Å². The molecule has 0 atom stereocenters. The van der Waals surface area contributed by atoms with Crippen LogP contribution < -0.4 is 4.74 Å². The molecule has 0 unspecified atom stereocenters. The predicted octanol–water partition coefficient (Wildman–Crippen LogP) is 1.45. The molecule has 1 heterocycles. The number of carbonyl (C=O) groups excluding carboxylic acids is 2. The number of nitrogens with one attached hydrogen (secondary N) is 1. The van der Waals surface area contributed by atoms with Crippen molar-refractivity contribution in [1.82, 2.24) is 9.88 Å². The molecule has 1 N–H and O–H groups in total. The summed E-state index contributed by atoms with van der Waals surface area (Å²) in [4.78, 5) is 26.7. The fourth-order valence-corrected chi connectivity index (χ4v) is 1.58. The van der Waals surface area contributed by atoms with Gasteiger partial charge in [-0.3, -0.25) is 9.59 Å². The van der Waals surface area contributed by atoms with Crippen molar-refractivity contribution in [2.75, 3.05) is 20.7 Å². The van der Waals surface area contributed by atoms with E-state index in [9.17, 15) is 9.59 Å². The van der Waals surface area contributed by atoms with Crippen LogP contribution in [-0.4, -0.2) is 42.8 Å². The van der Waals surface area contributed by atoms with E-state index in [1.165, 1.54) is 4.90 Å². The van der Waals surface area contributed by atoms with Gasteiger partial charge in [0, 0.05) is 36.8 Å². The summed E-state index contributed by atoms with van der Waals surface area (Å²) in [6.45, 7) is -0.0145. The normalized spacial score (nSPS) is 10.3. The molecule has 0 bridgehead atoms. The third kappa shape index (κ3) is 2.34. The molecule has 0 fully saturated rings. The molecule has 0 aliphatic carbocycles. The van der Waals surface area contributed by atoms with Gasteiger partial charge in [0.1, 0.15) is 5.75 Å². The average Bonchev–Trinajstić information content (AvgIpc) is 2.77. The Bertz CT molecular complexity index is 587. The quantitative estimate of drug-likeness (QED) is 0.830. The Balaban J connectivity index is 2.19. The van der Waals surface area contributed by atoms with E-state index >= 15 is 0 Å². The smallest absolute Gasteiger partial charge is 0.259 e. The van der Waals surface area contributed by atoms with E-state index in [1.54, 1.807) is 32.4 Å². The van der Waals surface area contributed by atoms with Crippen LogP contribution >= 0.6 is 0 Å². The number of ether oxygens (including phenoxy) is 1. The van der Waals surface area contributed by atoms with E-state index in [1.807, 2.05) is 6.07 Å². The number of hydrogen-bond donors (Lipinski definition) is 1. The molecule has 0 aliphatic heterocycles. The van der Waals surface area contributed by atoms with Crippen LogP contribution in [0, 0.1) is 0 Å². The molecule has 2 rings (SSSR count). The number of aldehydes is 1. The van der Waals surface area contributed by atoms with E-state index in [0.29, 0.717) is 11.3 Å². The van der Waals surface area contributed by atoms with Crippen LogP contribution in [0.5, 0.6) is 5.75 Å². The fraction of sp³-hybridized carbons (Fsp3) is 0.231. The number of hydrogen-bond acceptors (Lipinski definition) is 3. The van der Waals surface area contributed by atoms with Gasteiger partial charge in [-0.25, -0.2) is 0 Å². The molecule has 94 valence electrons. The van der Waals surface area contributed by atoms with Crippen molar-refractivity contribution in [1.29, 1.82) is 0 Å². The summed E-state index contributed by atoms with van der Waals surface area (Å²) < 4.78 is 5.39. The van der Waals surface area contributed by atoms with Crippen LogP contribution in [0.3, 0.4) is 0 Å². The van der Waals surface area contributed by atoms with Crippen molar-refractivity contribution >= 4 is 23.1 Å². The summed E-state index contributed by atoms with van der Waals surface area (Å²) in [5.41, 5.74) is 1.44. The largest absolute Gasteiger partial charge is 0.484 e. The molecule has 0 aliphatic rings. The zero-order chi connectivity index (χ0) is 13.1. The molecule has 0 spiro atoms. The second-order valence-electron chi connectivity index (χ2n) is 4.15. The number of amides is 1. The lowest BCUT2D eigenvalue weighted by Gasteiger charge is -2.11. The molecule has 2 aromatic rings. The van der Waals surface area contributed by atoms with Crippen molar-refractivity contribution in [3.8, 4) is 5.75 Å². The second kappa shape index (κ2) is 4.91. The summed E-state index contributed by atoms with van der Waals surface area (Å²) >= 11 is 0. The third-order valence-electron chi connectivity index (χ3n) is 2.67. The van der Waals surface area contributed by atoms with Gasteiger partial charge in [-0.1, -0.05) is 0 Å². The Morgan fingerprint density at radius 3 is 2.89 bits per heavy atom. The Labute approximate surface area is 104 Å². The number of nitrogens with zero attached hydrogens (tertiary/aromatic N) is 1. The minimum Gasteiger partial charge on any atom is -0.484 e. The number of benzene rings is 1. The number of H-pyrrole nitrogens is 1. The number of carbonyl (C=O) groups is 2. The van der Waals surface area contributed by atoms with Crippen molar-refractivity contribution in [3.05, 3.63) is 30.0 Å². The molecular weight excluding hydrogens is 232 g/mol. The summed E-state index contributed by atoms with van der Waals surface area (Å²) in [6, 6.07) is 5.33. The molecule has 1 aromatic heterocycles. The zero-order valence-corrected chi connectivity index (χ0v) is 10.3. The van der Waals surface area contributed by atoms with E-state index < -0.39 is 0 Å². The van der Waals surface area contributed by atoms with Crippen LogP contribution in [0.1, 0.15) is 10.4 Å². The number of aromatic nitrogens is 1. The Kier molecular flexibility index (Phi) is 3.32. The highest BCUT2D eigenvalue weighted by Gasteiger charge is 2.07. The van der Waals surface area contributed by atoms with Crippen LogP contribution in [-0.2, 0) is 4.79 Å². The van der Waals surface area contributed by atoms with E-state index in [0.717, 1.165) is 17.2 Å². The van der Waals surface area contributed by atoms with Crippen molar-refractivity contribution in [2.24, 2.45) is 0 Å².